The van der Waals surface area contributed by atoms with Crippen LogP contribution in [0.4, 0.5) is 0 Å². The fourth-order valence-corrected chi connectivity index (χ4v) is 2.73. The molecule has 2 atom stereocenters. The number of halogens is 1. The summed E-state index contributed by atoms with van der Waals surface area (Å²) in [7, 11) is 0. The Labute approximate surface area is 115 Å². The fraction of sp³-hybridized carbons (Fsp3) is 0.429. The maximum absolute atomic E-state index is 12.0. The van der Waals surface area contributed by atoms with Crippen LogP contribution in [-0.4, -0.2) is 22.5 Å². The van der Waals surface area contributed by atoms with E-state index in [4.69, 9.17) is 16.7 Å². The maximum Gasteiger partial charge on any atom is 0.329 e. The molecule has 0 spiro atoms. The summed E-state index contributed by atoms with van der Waals surface area (Å²) >= 11 is 6.10. The highest BCUT2D eigenvalue weighted by Crippen LogP contribution is 2.50. The lowest BCUT2D eigenvalue weighted by atomic mass is 10.1. The van der Waals surface area contributed by atoms with E-state index in [1.54, 1.807) is 0 Å². The number of amides is 1. The third kappa shape index (κ3) is 2.21. The van der Waals surface area contributed by atoms with E-state index in [1.807, 2.05) is 24.3 Å². The number of carboxylic acid groups (broad SMARTS) is 1. The van der Waals surface area contributed by atoms with Gasteiger partial charge in [-0.05, 0) is 36.8 Å². The zero-order valence-electron chi connectivity index (χ0n) is 10.2. The number of rotatable bonds is 4. The summed E-state index contributed by atoms with van der Waals surface area (Å²) < 4.78 is 0. The molecule has 2 N–H and O–H groups in total. The second-order valence-corrected chi connectivity index (χ2v) is 5.75. The highest BCUT2D eigenvalue weighted by molar-refractivity contribution is 6.31. The third-order valence-electron chi connectivity index (χ3n) is 3.95. The molecule has 2 aliphatic rings. The largest absolute Gasteiger partial charge is 0.480 e. The Kier molecular flexibility index (Phi) is 2.78. The number of aliphatic carboxylic acids is 1. The van der Waals surface area contributed by atoms with E-state index in [0.29, 0.717) is 17.9 Å². The lowest BCUT2D eigenvalue weighted by Crippen LogP contribution is -2.43. The molecule has 2 saturated carbocycles. The number of carboxylic acids is 1. The van der Waals surface area contributed by atoms with Crippen LogP contribution >= 0.6 is 11.6 Å². The number of hydrogen-bond donors (Lipinski definition) is 2. The molecule has 0 aliphatic heterocycles. The summed E-state index contributed by atoms with van der Waals surface area (Å²) in [5.41, 5.74) is -0.0190. The van der Waals surface area contributed by atoms with Crippen LogP contribution in [-0.2, 0) is 9.59 Å². The topological polar surface area (TPSA) is 66.4 Å². The second-order valence-electron chi connectivity index (χ2n) is 5.35. The molecule has 4 nitrogen and oxygen atoms in total. The van der Waals surface area contributed by atoms with Gasteiger partial charge in [-0.25, -0.2) is 4.79 Å². The molecule has 3 rings (SSSR count). The number of nitrogens with one attached hydrogen (secondary N) is 1. The molecule has 19 heavy (non-hydrogen) atoms. The molecule has 0 radical (unpaired) electrons. The number of hydrogen-bond acceptors (Lipinski definition) is 2. The van der Waals surface area contributed by atoms with Crippen LogP contribution in [0.2, 0.25) is 5.02 Å². The maximum atomic E-state index is 12.0. The van der Waals surface area contributed by atoms with Gasteiger partial charge in [0, 0.05) is 10.9 Å². The smallest absolute Gasteiger partial charge is 0.329 e. The lowest BCUT2D eigenvalue weighted by molar-refractivity contribution is -0.143. The van der Waals surface area contributed by atoms with E-state index in [-0.39, 0.29) is 17.7 Å². The first-order chi connectivity index (χ1) is 9.03. The van der Waals surface area contributed by atoms with Crippen molar-refractivity contribution in [1.82, 2.24) is 5.32 Å². The quantitative estimate of drug-likeness (QED) is 0.888. The summed E-state index contributed by atoms with van der Waals surface area (Å²) in [6, 6.07) is 7.48. The fourth-order valence-electron chi connectivity index (χ4n) is 2.45. The Balaban J connectivity index is 1.66. The molecule has 0 bridgehead atoms. The van der Waals surface area contributed by atoms with Gasteiger partial charge in [0.15, 0.2) is 0 Å². The molecule has 1 amide bonds. The highest BCUT2D eigenvalue weighted by Gasteiger charge is 2.55. The third-order valence-corrected chi connectivity index (χ3v) is 4.30. The Bertz CT molecular complexity index is 553. The summed E-state index contributed by atoms with van der Waals surface area (Å²) in [5, 5.41) is 12.4. The van der Waals surface area contributed by atoms with E-state index in [9.17, 15) is 9.59 Å². The van der Waals surface area contributed by atoms with E-state index in [2.05, 4.69) is 5.32 Å². The van der Waals surface area contributed by atoms with Gasteiger partial charge >= 0.3 is 5.97 Å². The predicted molar refractivity (Wildman–Crippen MR) is 70.0 cm³/mol. The predicted octanol–water partition coefficient (Wildman–Crippen LogP) is 2.18. The van der Waals surface area contributed by atoms with Gasteiger partial charge in [-0.15, -0.1) is 0 Å². The number of carbonyl (C=O) groups excluding carboxylic acids is 1. The molecule has 0 heterocycles. The number of benzene rings is 1. The van der Waals surface area contributed by atoms with Gasteiger partial charge in [0.2, 0.25) is 5.91 Å². The first-order valence-corrected chi connectivity index (χ1v) is 6.71. The van der Waals surface area contributed by atoms with Crippen LogP contribution < -0.4 is 5.32 Å². The zero-order valence-corrected chi connectivity index (χ0v) is 11.0. The van der Waals surface area contributed by atoms with Gasteiger partial charge in [0.05, 0.1) is 0 Å². The van der Waals surface area contributed by atoms with Gasteiger partial charge in [-0.1, -0.05) is 29.8 Å². The first kappa shape index (κ1) is 12.5. The van der Waals surface area contributed by atoms with Gasteiger partial charge < -0.3 is 10.4 Å². The molecule has 0 aromatic heterocycles. The van der Waals surface area contributed by atoms with Crippen LogP contribution in [0, 0.1) is 5.92 Å². The van der Waals surface area contributed by atoms with Crippen molar-refractivity contribution in [1.29, 1.82) is 0 Å². The summed E-state index contributed by atoms with van der Waals surface area (Å²) in [6.07, 6.45) is 1.79. The average molecular weight is 280 g/mol. The van der Waals surface area contributed by atoms with Crippen molar-refractivity contribution in [3.63, 3.8) is 0 Å². The molecule has 1 aromatic carbocycles. The van der Waals surface area contributed by atoms with Crippen molar-refractivity contribution < 1.29 is 14.7 Å². The van der Waals surface area contributed by atoms with Crippen molar-refractivity contribution in [2.75, 3.05) is 0 Å². The average Bonchev–Trinajstić information content (AvgIpc) is 3.23. The van der Waals surface area contributed by atoms with Crippen molar-refractivity contribution >= 4 is 23.5 Å². The zero-order chi connectivity index (χ0) is 13.6. The normalized spacial score (nSPS) is 26.6. The standard InChI is InChI=1S/C14H14ClNO3/c15-11-4-2-1-3-8(11)9-7-10(9)12(17)16-14(5-6-14)13(18)19/h1-4,9-10H,5-7H2,(H,16,17)(H,18,19)/t9-,10-/m1/s1. The van der Waals surface area contributed by atoms with Crippen LogP contribution in [0.1, 0.15) is 30.7 Å². The highest BCUT2D eigenvalue weighted by atomic mass is 35.5. The molecule has 0 saturated heterocycles. The molecule has 2 fully saturated rings. The monoisotopic (exact) mass is 279 g/mol. The van der Waals surface area contributed by atoms with Gasteiger partial charge in [-0.3, -0.25) is 4.79 Å². The van der Waals surface area contributed by atoms with Gasteiger partial charge in [0.1, 0.15) is 5.54 Å². The molecule has 0 unspecified atom stereocenters. The first-order valence-electron chi connectivity index (χ1n) is 6.33. The van der Waals surface area contributed by atoms with Crippen molar-refractivity contribution in [3.8, 4) is 0 Å². The van der Waals surface area contributed by atoms with Gasteiger partial charge in [-0.2, -0.15) is 0 Å². The van der Waals surface area contributed by atoms with E-state index in [1.165, 1.54) is 0 Å². The molecule has 5 heteroatoms. The Morgan fingerprint density at radius 3 is 2.58 bits per heavy atom. The molecule has 100 valence electrons. The van der Waals surface area contributed by atoms with Crippen LogP contribution in [0.25, 0.3) is 0 Å². The van der Waals surface area contributed by atoms with E-state index in [0.717, 1.165) is 12.0 Å². The molecule has 2 aliphatic carbocycles. The summed E-state index contributed by atoms with van der Waals surface area (Å²) in [6.45, 7) is 0. The van der Waals surface area contributed by atoms with Crippen molar-refractivity contribution in [3.05, 3.63) is 34.9 Å². The minimum absolute atomic E-state index is 0.123. The summed E-state index contributed by atoms with van der Waals surface area (Å²) in [4.78, 5) is 23.1. The van der Waals surface area contributed by atoms with E-state index >= 15 is 0 Å². The Morgan fingerprint density at radius 2 is 2.00 bits per heavy atom. The molecular weight excluding hydrogens is 266 g/mol. The molecular formula is C14H14ClNO3. The summed E-state index contributed by atoms with van der Waals surface area (Å²) in [5.74, 6) is -1.12. The van der Waals surface area contributed by atoms with Crippen LogP contribution in [0.5, 0.6) is 0 Å². The SMILES string of the molecule is O=C(NC1(C(=O)O)CC1)[C@@H]1C[C@@H]1c1ccccc1Cl. The van der Waals surface area contributed by atoms with Gasteiger partial charge in [0.25, 0.3) is 0 Å². The molecule has 1 aromatic rings. The van der Waals surface area contributed by atoms with Crippen molar-refractivity contribution in [2.45, 2.75) is 30.7 Å². The minimum Gasteiger partial charge on any atom is -0.480 e. The van der Waals surface area contributed by atoms with Crippen LogP contribution in [0.15, 0.2) is 24.3 Å². The minimum atomic E-state index is -0.995. The number of carbonyl (C=O) groups is 2. The second kappa shape index (κ2) is 4.23. The Hall–Kier alpha value is -1.55. The van der Waals surface area contributed by atoms with Crippen LogP contribution in [0.3, 0.4) is 0 Å². The Morgan fingerprint density at radius 1 is 1.32 bits per heavy atom. The van der Waals surface area contributed by atoms with E-state index < -0.39 is 11.5 Å². The van der Waals surface area contributed by atoms with Crippen molar-refractivity contribution in [2.24, 2.45) is 5.92 Å². The lowest BCUT2D eigenvalue weighted by Gasteiger charge is -2.12.